The topological polar surface area (TPSA) is 78.6 Å². The van der Waals surface area contributed by atoms with Crippen LogP contribution in [-0.4, -0.2) is 39.6 Å². The van der Waals surface area contributed by atoms with E-state index in [1.807, 2.05) is 0 Å². The molecule has 0 saturated heterocycles. The number of esters is 1. The van der Waals surface area contributed by atoms with Gasteiger partial charge in [0.15, 0.2) is 0 Å². The first-order chi connectivity index (χ1) is 5.63. The van der Waals surface area contributed by atoms with Crippen LogP contribution in [0.5, 0.6) is 0 Å². The van der Waals surface area contributed by atoms with E-state index in [1.54, 1.807) is 14.2 Å². The molecular formula is C8H19NO4. The molecule has 1 atom stereocenters. The minimum Gasteiger partial charge on any atom is -0.468 e. The Morgan fingerprint density at radius 2 is 1.85 bits per heavy atom. The van der Waals surface area contributed by atoms with Crippen LogP contribution in [-0.2, 0) is 19.1 Å². The van der Waals surface area contributed by atoms with Gasteiger partial charge in [-0.25, -0.2) is 0 Å². The molecule has 5 nitrogen and oxygen atoms in total. The molecule has 0 spiro atoms. The van der Waals surface area contributed by atoms with Crippen LogP contribution >= 0.6 is 0 Å². The van der Waals surface area contributed by atoms with Gasteiger partial charge in [0.2, 0.25) is 0 Å². The van der Waals surface area contributed by atoms with Crippen molar-refractivity contribution in [1.29, 1.82) is 0 Å². The van der Waals surface area contributed by atoms with Crippen molar-refractivity contribution in [2.24, 2.45) is 5.73 Å². The van der Waals surface area contributed by atoms with Gasteiger partial charge in [0.1, 0.15) is 12.3 Å². The largest absolute Gasteiger partial charge is 0.468 e. The molecule has 0 aromatic rings. The Labute approximate surface area is 79.2 Å². The SMILES string of the molecule is C.COC.COC(=O)C(N)CC=O. The summed E-state index contributed by atoms with van der Waals surface area (Å²) in [4.78, 5) is 20.1. The summed E-state index contributed by atoms with van der Waals surface area (Å²) in [6.07, 6.45) is 0.605. The fourth-order valence-corrected chi connectivity index (χ4v) is 0.351. The molecule has 0 bridgehead atoms. The van der Waals surface area contributed by atoms with Gasteiger partial charge in [0, 0.05) is 20.6 Å². The number of nitrogens with two attached hydrogens (primary N) is 1. The molecule has 0 saturated carbocycles. The molecule has 0 heterocycles. The first kappa shape index (κ1) is 18.0. The third-order valence-electron chi connectivity index (χ3n) is 0.854. The normalized spacial score (nSPS) is 9.85. The van der Waals surface area contributed by atoms with Crippen molar-refractivity contribution in [2.75, 3.05) is 21.3 Å². The average molecular weight is 193 g/mol. The van der Waals surface area contributed by atoms with Gasteiger partial charge in [-0.3, -0.25) is 4.79 Å². The predicted molar refractivity (Wildman–Crippen MR) is 50.3 cm³/mol. The Hall–Kier alpha value is -0.940. The molecule has 0 radical (unpaired) electrons. The highest BCUT2D eigenvalue weighted by atomic mass is 16.5. The molecule has 0 fully saturated rings. The summed E-state index contributed by atoms with van der Waals surface area (Å²) in [6, 6.07) is -0.799. The summed E-state index contributed by atoms with van der Waals surface area (Å²) >= 11 is 0. The Morgan fingerprint density at radius 3 is 2.08 bits per heavy atom. The smallest absolute Gasteiger partial charge is 0.323 e. The van der Waals surface area contributed by atoms with Crippen molar-refractivity contribution in [2.45, 2.75) is 19.9 Å². The molecule has 0 aliphatic rings. The molecule has 0 aromatic heterocycles. The number of ether oxygens (including phenoxy) is 2. The highest BCUT2D eigenvalue weighted by molar-refractivity contribution is 5.78. The number of carbonyl (C=O) groups excluding carboxylic acids is 2. The molecule has 80 valence electrons. The minimum absolute atomic E-state index is 0. The third kappa shape index (κ3) is 14.0. The van der Waals surface area contributed by atoms with Gasteiger partial charge in [-0.15, -0.1) is 0 Å². The maximum Gasteiger partial charge on any atom is 0.323 e. The molecule has 13 heavy (non-hydrogen) atoms. The van der Waals surface area contributed by atoms with Crippen molar-refractivity contribution in [3.63, 3.8) is 0 Å². The van der Waals surface area contributed by atoms with E-state index in [4.69, 9.17) is 5.73 Å². The lowest BCUT2D eigenvalue weighted by molar-refractivity contribution is -0.142. The zero-order chi connectivity index (χ0) is 9.98. The standard InChI is InChI=1S/C5H9NO3.C2H6O.CH4/c1-9-5(8)4(6)2-3-7;1-3-2;/h3-4H,2,6H2,1H3;1-2H3;1H4. The quantitative estimate of drug-likeness (QED) is 0.503. The van der Waals surface area contributed by atoms with Crippen LogP contribution in [0.1, 0.15) is 13.8 Å². The first-order valence-electron chi connectivity index (χ1n) is 3.31. The fraction of sp³-hybridized carbons (Fsp3) is 0.750. The summed E-state index contributed by atoms with van der Waals surface area (Å²) < 4.78 is 8.49. The molecule has 1 unspecified atom stereocenters. The second kappa shape index (κ2) is 13.6. The first-order valence-corrected chi connectivity index (χ1v) is 3.31. The lowest BCUT2D eigenvalue weighted by Crippen LogP contribution is -2.31. The van der Waals surface area contributed by atoms with E-state index in [0.717, 1.165) is 0 Å². The van der Waals surface area contributed by atoms with Crippen LogP contribution in [0.4, 0.5) is 0 Å². The molecule has 0 amide bonds. The lowest BCUT2D eigenvalue weighted by Gasteiger charge is -2.02. The maximum atomic E-state index is 10.4. The van der Waals surface area contributed by atoms with Crippen molar-refractivity contribution in [1.82, 2.24) is 0 Å². The van der Waals surface area contributed by atoms with Crippen molar-refractivity contribution in [3.05, 3.63) is 0 Å². The molecule has 2 N–H and O–H groups in total. The monoisotopic (exact) mass is 193 g/mol. The zero-order valence-electron chi connectivity index (χ0n) is 7.57. The van der Waals surface area contributed by atoms with E-state index in [9.17, 15) is 9.59 Å². The van der Waals surface area contributed by atoms with Gasteiger partial charge >= 0.3 is 5.97 Å². The van der Waals surface area contributed by atoms with Gasteiger partial charge in [-0.1, -0.05) is 7.43 Å². The van der Waals surface area contributed by atoms with Gasteiger partial charge in [0.25, 0.3) is 0 Å². The van der Waals surface area contributed by atoms with Gasteiger partial charge in [-0.2, -0.15) is 0 Å². The maximum absolute atomic E-state index is 10.4. The summed E-state index contributed by atoms with van der Waals surface area (Å²) in [5, 5.41) is 0. The van der Waals surface area contributed by atoms with Crippen LogP contribution in [0, 0.1) is 0 Å². The summed E-state index contributed by atoms with van der Waals surface area (Å²) in [5.74, 6) is -0.554. The van der Waals surface area contributed by atoms with Gasteiger partial charge < -0.3 is 20.0 Å². The van der Waals surface area contributed by atoms with Gasteiger partial charge in [0.05, 0.1) is 7.11 Å². The van der Waals surface area contributed by atoms with Crippen LogP contribution in [0.15, 0.2) is 0 Å². The Kier molecular flexibility index (Phi) is 18.9. The predicted octanol–water partition coefficient (Wildman–Crippen LogP) is -0.0256. The van der Waals surface area contributed by atoms with Crippen molar-refractivity contribution in [3.8, 4) is 0 Å². The molecule has 0 aromatic carbocycles. The summed E-state index contributed by atoms with van der Waals surface area (Å²) in [6.45, 7) is 0. The van der Waals surface area contributed by atoms with E-state index in [0.29, 0.717) is 6.29 Å². The molecule has 0 aliphatic heterocycles. The Bertz CT molecular complexity index is 127. The molecule has 0 aliphatic carbocycles. The van der Waals surface area contributed by atoms with E-state index < -0.39 is 12.0 Å². The number of methoxy groups -OCH3 is 2. The highest BCUT2D eigenvalue weighted by Crippen LogP contribution is 1.85. The van der Waals surface area contributed by atoms with Crippen LogP contribution in [0.3, 0.4) is 0 Å². The van der Waals surface area contributed by atoms with Crippen LogP contribution < -0.4 is 5.73 Å². The number of hydrogen-bond acceptors (Lipinski definition) is 5. The second-order valence-electron chi connectivity index (χ2n) is 1.94. The van der Waals surface area contributed by atoms with Gasteiger partial charge in [-0.05, 0) is 0 Å². The average Bonchev–Trinajstić information content (AvgIpc) is 2.05. The van der Waals surface area contributed by atoms with E-state index in [-0.39, 0.29) is 13.8 Å². The lowest BCUT2D eigenvalue weighted by atomic mass is 10.2. The Balaban J connectivity index is -0.000000220. The number of carbonyl (C=O) groups is 2. The summed E-state index contributed by atoms with van der Waals surface area (Å²) in [7, 11) is 4.48. The molecular weight excluding hydrogens is 174 g/mol. The van der Waals surface area contributed by atoms with Crippen LogP contribution in [0.25, 0.3) is 0 Å². The molecule has 5 heteroatoms. The van der Waals surface area contributed by atoms with Crippen molar-refractivity contribution < 1.29 is 19.1 Å². The number of hydrogen-bond donors (Lipinski definition) is 1. The number of aldehydes is 1. The van der Waals surface area contributed by atoms with E-state index in [1.165, 1.54) is 7.11 Å². The third-order valence-corrected chi connectivity index (χ3v) is 0.854. The highest BCUT2D eigenvalue weighted by Gasteiger charge is 2.11. The fourth-order valence-electron chi connectivity index (χ4n) is 0.351. The second-order valence-corrected chi connectivity index (χ2v) is 1.94. The van der Waals surface area contributed by atoms with Crippen molar-refractivity contribution >= 4 is 12.3 Å². The molecule has 0 rings (SSSR count). The van der Waals surface area contributed by atoms with Crippen LogP contribution in [0.2, 0.25) is 0 Å². The number of rotatable bonds is 3. The van der Waals surface area contributed by atoms with E-state index in [2.05, 4.69) is 9.47 Å². The Morgan fingerprint density at radius 1 is 1.46 bits per heavy atom. The summed E-state index contributed by atoms with van der Waals surface area (Å²) in [5.41, 5.74) is 5.13. The van der Waals surface area contributed by atoms with E-state index >= 15 is 0 Å². The minimum atomic E-state index is -0.799. The zero-order valence-corrected chi connectivity index (χ0v) is 7.57.